The summed E-state index contributed by atoms with van der Waals surface area (Å²) in [6.07, 6.45) is 4.10. The minimum atomic E-state index is -1.66. The molecule has 5 amide bonds. The molecule has 65 heavy (non-hydrogen) atoms. The molecule has 2 aromatic heterocycles. The maximum atomic E-state index is 14.4. The fraction of sp³-hybridized carbons (Fsp3) is 0.489. The number of aromatic nitrogens is 3. The van der Waals surface area contributed by atoms with Crippen LogP contribution in [0.25, 0.3) is 10.9 Å². The third kappa shape index (κ3) is 13.4. The fourth-order valence-electron chi connectivity index (χ4n) is 7.48. The van der Waals surface area contributed by atoms with Gasteiger partial charge < -0.3 is 44.9 Å². The first kappa shape index (κ1) is 49.3. The average Bonchev–Trinajstić information content (AvgIpc) is 3.97. The largest absolute Gasteiger partial charge is 0.467 e. The number of amides is 5. The quantitative estimate of drug-likeness (QED) is 0.0983. The Morgan fingerprint density at radius 2 is 1.43 bits per heavy atom. The molecule has 0 saturated carbocycles. The normalized spacial score (nSPS) is 15.6. The van der Waals surface area contributed by atoms with Gasteiger partial charge in [-0.2, -0.15) is 0 Å². The van der Waals surface area contributed by atoms with E-state index in [9.17, 15) is 33.6 Å². The minimum Gasteiger partial charge on any atom is -0.467 e. The van der Waals surface area contributed by atoms with Crippen LogP contribution in [0.4, 0.5) is 9.59 Å². The third-order valence-corrected chi connectivity index (χ3v) is 10.5. The summed E-state index contributed by atoms with van der Waals surface area (Å²) in [7, 11) is 2.98. The molecule has 3 heterocycles. The molecule has 0 unspecified atom stereocenters. The molecule has 5 rings (SSSR count). The van der Waals surface area contributed by atoms with Crippen molar-refractivity contribution in [3.63, 3.8) is 0 Å². The predicted octanol–water partition coefficient (Wildman–Crippen LogP) is 4.11. The number of nitrogens with zero attached hydrogens (tertiary/aromatic N) is 4. The van der Waals surface area contributed by atoms with Gasteiger partial charge in [0.05, 0.1) is 24.6 Å². The summed E-state index contributed by atoms with van der Waals surface area (Å²) in [6, 6.07) is 11.4. The predicted molar refractivity (Wildman–Crippen MR) is 240 cm³/mol. The number of aryl methyl sites for hydroxylation is 1. The molecular formula is C47H62N8O10. The van der Waals surface area contributed by atoms with Gasteiger partial charge in [0.2, 0.25) is 23.6 Å². The molecule has 18 nitrogen and oxygen atoms in total. The number of carbonyl (C=O) groups excluding carboxylic acids is 7. The van der Waals surface area contributed by atoms with E-state index < -0.39 is 82.7 Å². The summed E-state index contributed by atoms with van der Waals surface area (Å²) in [5.41, 5.74) is -1.02. The van der Waals surface area contributed by atoms with Crippen LogP contribution in [-0.4, -0.2) is 115 Å². The number of para-hydroxylation sites is 1. The second kappa shape index (κ2) is 20.4. The standard InChI is InChI=1S/C47H62N8O10/c1-45(2,3)64-43(61)51-34(25-31-27-53(9)28-48-31)40(58)54-22-16-21-37(54)39(57)52-47(7,8)42(60)50-33(38(56)49-35(41(59)63-10)23-29-17-12-11-13-18-29)24-30-26-55(44(62)65-46(4,5)6)36-20-15-14-19-32(30)36/h11-15,17-20,26-28,33-35,37H,16,21-25H2,1-10H3,(H,49,56)(H,50,60)(H,51,61)(H,52,57)/t33-,34+,35-,37-/m0/s1. The van der Waals surface area contributed by atoms with Crippen LogP contribution in [0.1, 0.15) is 85.1 Å². The Kier molecular flexibility index (Phi) is 15.5. The molecule has 2 aromatic carbocycles. The van der Waals surface area contributed by atoms with Crippen molar-refractivity contribution in [3.05, 3.63) is 90.1 Å². The smallest absolute Gasteiger partial charge is 0.419 e. The minimum absolute atomic E-state index is 0.0275. The first-order valence-electron chi connectivity index (χ1n) is 21.6. The number of likely N-dealkylation sites (tertiary alicyclic amines) is 1. The van der Waals surface area contributed by atoms with Gasteiger partial charge in [-0.1, -0.05) is 48.5 Å². The molecule has 0 aliphatic carbocycles. The highest BCUT2D eigenvalue weighted by molar-refractivity contribution is 5.98. The van der Waals surface area contributed by atoms with Gasteiger partial charge in [0.25, 0.3) is 0 Å². The highest BCUT2D eigenvalue weighted by atomic mass is 16.6. The molecule has 1 aliphatic rings. The Bertz CT molecular complexity index is 2380. The molecule has 4 aromatic rings. The van der Waals surface area contributed by atoms with Crippen molar-refractivity contribution >= 4 is 52.7 Å². The Balaban J connectivity index is 1.40. The topological polar surface area (TPSA) is 221 Å². The van der Waals surface area contributed by atoms with E-state index in [0.717, 1.165) is 5.56 Å². The molecule has 1 saturated heterocycles. The lowest BCUT2D eigenvalue weighted by Crippen LogP contribution is -2.63. The van der Waals surface area contributed by atoms with Crippen molar-refractivity contribution in [2.24, 2.45) is 7.05 Å². The lowest BCUT2D eigenvalue weighted by atomic mass is 9.99. The van der Waals surface area contributed by atoms with E-state index >= 15 is 0 Å². The van der Waals surface area contributed by atoms with Crippen LogP contribution in [0.5, 0.6) is 0 Å². The molecule has 1 fully saturated rings. The van der Waals surface area contributed by atoms with Gasteiger partial charge in [-0.15, -0.1) is 0 Å². The van der Waals surface area contributed by atoms with Crippen molar-refractivity contribution in [2.45, 2.75) is 128 Å². The Morgan fingerprint density at radius 3 is 2.06 bits per heavy atom. The molecular weight excluding hydrogens is 837 g/mol. The Morgan fingerprint density at radius 1 is 0.769 bits per heavy atom. The Hall–Kier alpha value is -6.72. The second-order valence-corrected chi connectivity index (χ2v) is 18.8. The lowest BCUT2D eigenvalue weighted by Gasteiger charge is -2.33. The molecule has 0 radical (unpaired) electrons. The van der Waals surface area contributed by atoms with E-state index in [4.69, 9.17) is 14.2 Å². The van der Waals surface area contributed by atoms with E-state index in [-0.39, 0.29) is 32.2 Å². The second-order valence-electron chi connectivity index (χ2n) is 18.8. The summed E-state index contributed by atoms with van der Waals surface area (Å²) in [5.74, 6) is -3.35. The number of hydrogen-bond donors (Lipinski definition) is 4. The fourth-order valence-corrected chi connectivity index (χ4v) is 7.48. The van der Waals surface area contributed by atoms with Gasteiger partial charge in [-0.25, -0.2) is 19.4 Å². The summed E-state index contributed by atoms with van der Waals surface area (Å²) in [5, 5.41) is 11.6. The van der Waals surface area contributed by atoms with Gasteiger partial charge in [0, 0.05) is 50.6 Å². The Labute approximate surface area is 379 Å². The molecule has 350 valence electrons. The maximum absolute atomic E-state index is 14.4. The summed E-state index contributed by atoms with van der Waals surface area (Å²) in [4.78, 5) is 102. The van der Waals surface area contributed by atoms with E-state index in [0.29, 0.717) is 28.6 Å². The number of benzene rings is 2. The average molecular weight is 899 g/mol. The van der Waals surface area contributed by atoms with Crippen LogP contribution >= 0.6 is 0 Å². The van der Waals surface area contributed by atoms with Crippen molar-refractivity contribution in [2.75, 3.05) is 13.7 Å². The van der Waals surface area contributed by atoms with Crippen LogP contribution in [0.2, 0.25) is 0 Å². The molecule has 0 spiro atoms. The zero-order chi connectivity index (χ0) is 47.9. The number of esters is 1. The number of carbonyl (C=O) groups is 7. The van der Waals surface area contributed by atoms with E-state index in [2.05, 4.69) is 26.3 Å². The van der Waals surface area contributed by atoms with Crippen molar-refractivity contribution in [1.29, 1.82) is 0 Å². The number of hydrogen-bond acceptors (Lipinski definition) is 11. The zero-order valence-corrected chi connectivity index (χ0v) is 38.9. The molecule has 18 heteroatoms. The number of ether oxygens (including phenoxy) is 3. The SMILES string of the molecule is COC(=O)[C@H](Cc1ccccc1)NC(=O)[C@H](Cc1cn(C(=O)OC(C)(C)C)c2ccccc12)NC(=O)C(C)(C)NC(=O)[C@@H]1CCCN1C(=O)[C@@H](Cc1cn(C)cn1)NC(=O)OC(C)(C)C. The van der Waals surface area contributed by atoms with Crippen LogP contribution in [0.15, 0.2) is 73.3 Å². The molecule has 1 aliphatic heterocycles. The van der Waals surface area contributed by atoms with Crippen molar-refractivity contribution < 1.29 is 47.8 Å². The molecule has 4 atom stereocenters. The highest BCUT2D eigenvalue weighted by Gasteiger charge is 2.42. The third-order valence-electron chi connectivity index (χ3n) is 10.5. The molecule has 0 bridgehead atoms. The number of imidazole rings is 1. The lowest BCUT2D eigenvalue weighted by molar-refractivity contribution is -0.145. The van der Waals surface area contributed by atoms with Crippen LogP contribution in [0, 0.1) is 0 Å². The summed E-state index contributed by atoms with van der Waals surface area (Å²) >= 11 is 0. The van der Waals surface area contributed by atoms with Crippen molar-refractivity contribution in [3.8, 4) is 0 Å². The number of fused-ring (bicyclic) bond motifs is 1. The summed E-state index contributed by atoms with van der Waals surface area (Å²) in [6.45, 7) is 13.5. The number of rotatable bonds is 15. The van der Waals surface area contributed by atoms with Gasteiger partial charge >= 0.3 is 18.2 Å². The van der Waals surface area contributed by atoms with Crippen LogP contribution in [-0.2, 0) is 64.5 Å². The monoisotopic (exact) mass is 898 g/mol. The van der Waals surface area contributed by atoms with Gasteiger partial charge in [0.15, 0.2) is 0 Å². The first-order chi connectivity index (χ1) is 30.4. The maximum Gasteiger partial charge on any atom is 0.419 e. The van der Waals surface area contributed by atoms with E-state index in [1.807, 2.05) is 6.07 Å². The first-order valence-corrected chi connectivity index (χ1v) is 21.6. The highest BCUT2D eigenvalue weighted by Crippen LogP contribution is 2.25. The van der Waals surface area contributed by atoms with Gasteiger partial charge in [0.1, 0.15) is 40.9 Å². The summed E-state index contributed by atoms with van der Waals surface area (Å²) < 4.78 is 19.2. The van der Waals surface area contributed by atoms with Crippen LogP contribution < -0.4 is 21.3 Å². The van der Waals surface area contributed by atoms with E-state index in [1.54, 1.807) is 120 Å². The number of nitrogens with one attached hydrogen (secondary N) is 4. The van der Waals surface area contributed by atoms with Gasteiger partial charge in [-0.05, 0) is 85.4 Å². The van der Waals surface area contributed by atoms with Crippen molar-refractivity contribution in [1.82, 2.24) is 40.3 Å². The van der Waals surface area contributed by atoms with Crippen LogP contribution in [0.3, 0.4) is 0 Å². The number of methoxy groups -OCH3 is 1. The van der Waals surface area contributed by atoms with Gasteiger partial charge in [-0.3, -0.25) is 23.7 Å². The zero-order valence-electron chi connectivity index (χ0n) is 38.9. The number of alkyl carbamates (subject to hydrolysis) is 1. The molecule has 4 N–H and O–H groups in total. The van der Waals surface area contributed by atoms with E-state index in [1.165, 1.54) is 30.4 Å².